The molecule has 0 aliphatic carbocycles. The zero-order valence-electron chi connectivity index (χ0n) is 29.5. The highest BCUT2D eigenvalue weighted by Crippen LogP contribution is 2.41. The van der Waals surface area contributed by atoms with Crippen molar-refractivity contribution in [2.45, 2.75) is 38.4 Å². The Labute approximate surface area is 322 Å². The molecule has 0 saturated carbocycles. The van der Waals surface area contributed by atoms with Crippen molar-refractivity contribution < 1.29 is 80.0 Å². The number of aliphatic carboxylic acids is 1. The molecule has 0 radical (unpaired) electrons. The molecule has 0 bridgehead atoms. The number of rotatable bonds is 14. The van der Waals surface area contributed by atoms with E-state index >= 15 is 0 Å². The lowest BCUT2D eigenvalue weighted by molar-refractivity contribution is -0.192. The Morgan fingerprint density at radius 1 is 1.09 bits per heavy atom. The highest BCUT2D eigenvalue weighted by Gasteiger charge is 2.55. The van der Waals surface area contributed by atoms with Crippen molar-refractivity contribution in [3.8, 4) is 5.75 Å². The second-order valence-electron chi connectivity index (χ2n) is 11.9. The van der Waals surface area contributed by atoms with Crippen LogP contribution >= 0.6 is 23.1 Å². The molecule has 0 spiro atoms. The van der Waals surface area contributed by atoms with E-state index in [1.165, 1.54) is 35.3 Å². The van der Waals surface area contributed by atoms with Gasteiger partial charge in [0.2, 0.25) is 6.79 Å². The molecule has 2 amide bonds. The van der Waals surface area contributed by atoms with Crippen LogP contribution in [0.15, 0.2) is 46.1 Å². The number of thioether (sulfide) groups is 1. The molecule has 4 rings (SSSR count). The van der Waals surface area contributed by atoms with Crippen molar-refractivity contribution in [1.29, 1.82) is 0 Å². The van der Waals surface area contributed by atoms with Gasteiger partial charge in [0, 0.05) is 29.3 Å². The maximum absolute atomic E-state index is 13.7. The number of β-lactam (4-membered cyclic amide) rings is 1. The molecule has 25 heteroatoms. The van der Waals surface area contributed by atoms with Gasteiger partial charge in [-0.25, -0.2) is 23.8 Å². The number of carbonyl (C=O) groups is 6. The molecule has 3 heterocycles. The number of oxime groups is 1. The Bertz CT molecular complexity index is 1850. The molecule has 19 nitrogen and oxygen atoms in total. The third-order valence-electron chi connectivity index (χ3n) is 6.67. The number of nitrogen functional groups attached to an aromatic ring is 1. The lowest BCUT2D eigenvalue weighted by Gasteiger charge is -2.49. The summed E-state index contributed by atoms with van der Waals surface area (Å²) >= 11 is 2.22. The number of aromatic nitrogens is 1. The summed E-state index contributed by atoms with van der Waals surface area (Å²) in [5.74, 6) is -6.14. The number of hydrogen-bond donors (Lipinski definition) is 4. The summed E-state index contributed by atoms with van der Waals surface area (Å²) in [5.41, 5.74) is 9.89. The molecule has 1 aromatic carbocycles. The molecule has 56 heavy (non-hydrogen) atoms. The number of carboxylic acids is 1. The van der Waals surface area contributed by atoms with E-state index in [9.17, 15) is 41.5 Å². The zero-order valence-corrected chi connectivity index (χ0v) is 31.1. The van der Waals surface area contributed by atoms with E-state index in [4.69, 9.17) is 40.4 Å². The summed E-state index contributed by atoms with van der Waals surface area (Å²) in [6.07, 6.45) is -6.16. The number of carboxylic acid groups (broad SMARTS) is 1. The first-order chi connectivity index (χ1) is 26.2. The number of benzene rings is 1. The molecule has 2 atom stereocenters. The number of esters is 2. The van der Waals surface area contributed by atoms with Gasteiger partial charge in [0.15, 0.2) is 10.8 Å². The number of alkyl halides is 3. The number of ether oxygens (including phenoxy) is 5. The number of nitrogens with one attached hydrogen (secondary N) is 1. The van der Waals surface area contributed by atoms with Crippen molar-refractivity contribution in [3.05, 3.63) is 52.4 Å². The third-order valence-corrected chi connectivity index (χ3v) is 8.69. The average Bonchev–Trinajstić information content (AvgIpc) is 3.56. The monoisotopic (exact) mass is 838 g/mol. The van der Waals surface area contributed by atoms with Gasteiger partial charge in [-0.05, 0) is 32.9 Å². The fraction of sp³-hybridized carbons (Fsp3) is 0.419. The summed E-state index contributed by atoms with van der Waals surface area (Å²) in [4.78, 5) is 82.9. The normalized spacial score (nSPS) is 16.6. The molecule has 1 saturated heterocycles. The van der Waals surface area contributed by atoms with E-state index in [2.05, 4.69) is 24.9 Å². The molecular formula is C31H34F4N6O13S2. The van der Waals surface area contributed by atoms with E-state index < -0.39 is 78.3 Å². The maximum atomic E-state index is 13.7. The van der Waals surface area contributed by atoms with Crippen molar-refractivity contribution >= 4 is 69.8 Å². The molecule has 2 aromatic rings. The van der Waals surface area contributed by atoms with Crippen molar-refractivity contribution in [3.63, 3.8) is 0 Å². The van der Waals surface area contributed by atoms with Gasteiger partial charge in [-0.3, -0.25) is 19.3 Å². The molecule has 2 aliphatic heterocycles. The summed E-state index contributed by atoms with van der Waals surface area (Å²) in [5, 5.41) is 14.2. The second-order valence-corrected chi connectivity index (χ2v) is 13.9. The number of nitrogens with two attached hydrogens (primary N) is 2. The van der Waals surface area contributed by atoms with Gasteiger partial charge in [-0.2, -0.15) is 13.2 Å². The van der Waals surface area contributed by atoms with Gasteiger partial charge < -0.3 is 50.4 Å². The van der Waals surface area contributed by atoms with Crippen molar-refractivity contribution in [2.75, 3.05) is 44.8 Å². The lowest BCUT2D eigenvalue weighted by atomic mass is 9.98. The largest absolute Gasteiger partial charge is 0.511 e. The Balaban J connectivity index is 0.00000109. The van der Waals surface area contributed by atoms with Gasteiger partial charge in [0.05, 0.1) is 5.41 Å². The molecule has 1 aromatic heterocycles. The Morgan fingerprint density at radius 3 is 2.38 bits per heavy atom. The van der Waals surface area contributed by atoms with E-state index in [1.807, 2.05) is 0 Å². The van der Waals surface area contributed by atoms with E-state index in [-0.39, 0.29) is 53.5 Å². The van der Waals surface area contributed by atoms with Crippen LogP contribution in [0.1, 0.15) is 26.5 Å². The predicted octanol–water partition coefficient (Wildman–Crippen LogP) is 2.11. The number of fused-ring (bicyclic) bond motifs is 1. The van der Waals surface area contributed by atoms with Crippen LogP contribution in [-0.4, -0.2) is 113 Å². The highest BCUT2D eigenvalue weighted by atomic mass is 32.2. The summed E-state index contributed by atoms with van der Waals surface area (Å²) in [6, 6.07) is 4.21. The van der Waals surface area contributed by atoms with Crippen LogP contribution in [0.25, 0.3) is 0 Å². The maximum Gasteiger partial charge on any atom is 0.511 e. The molecular weight excluding hydrogens is 804 g/mol. The predicted molar refractivity (Wildman–Crippen MR) is 185 cm³/mol. The molecule has 2 aliphatic rings. The van der Waals surface area contributed by atoms with Gasteiger partial charge in [0.1, 0.15) is 47.6 Å². The number of amides is 2. The van der Waals surface area contributed by atoms with Gasteiger partial charge in [-0.15, -0.1) is 23.1 Å². The number of anilines is 1. The standard InChI is InChI=1S/C29H33FN6O11S2.C2HF3O2/c1-29(2,3)26(40)45-13-44-25(39)21-15(10-43-17-6-4-5-16(30)9-17)11-48-24-20(23(38)36(21)24)34-22(37)19(18-12-49-27(32)33-18)35-47-14-46-28(41)42-8-7-31;3-2(4,5)1(6)7/h4-6,9,12,20,24H,7-8,10-11,13-14,31H2,1-3H3,(H2,32,33)(H,34,37);(H,6,7)/t20?,24-;/m0./s1. The first kappa shape index (κ1) is 44.7. The van der Waals surface area contributed by atoms with Crippen molar-refractivity contribution in [2.24, 2.45) is 16.3 Å². The molecule has 1 unspecified atom stereocenters. The summed E-state index contributed by atoms with van der Waals surface area (Å²) < 4.78 is 70.7. The topological polar surface area (TPSA) is 271 Å². The van der Waals surface area contributed by atoms with Crippen LogP contribution in [0.3, 0.4) is 0 Å². The van der Waals surface area contributed by atoms with Gasteiger partial charge >= 0.3 is 30.2 Å². The van der Waals surface area contributed by atoms with E-state index in [1.54, 1.807) is 20.8 Å². The Hall–Kier alpha value is -5.69. The minimum Gasteiger partial charge on any atom is -0.489 e. The smallest absolute Gasteiger partial charge is 0.489 e. The third kappa shape index (κ3) is 12.7. The van der Waals surface area contributed by atoms with Gasteiger partial charge in [0.25, 0.3) is 18.6 Å². The minimum atomic E-state index is -5.08. The zero-order chi connectivity index (χ0) is 41.8. The molecule has 6 N–H and O–H groups in total. The number of thiazole rings is 1. The number of nitrogens with zero attached hydrogens (tertiary/aromatic N) is 3. The fourth-order valence-corrected chi connectivity index (χ4v) is 5.97. The van der Waals surface area contributed by atoms with Crippen LogP contribution in [0.2, 0.25) is 0 Å². The van der Waals surface area contributed by atoms with Crippen LogP contribution in [0.4, 0.5) is 27.5 Å². The minimum absolute atomic E-state index is 0.0105. The van der Waals surface area contributed by atoms with Crippen LogP contribution in [0.5, 0.6) is 5.75 Å². The Kier molecular flexibility index (Phi) is 15.8. The van der Waals surface area contributed by atoms with Crippen LogP contribution < -0.4 is 21.5 Å². The SMILES string of the molecule is CC(C)(C)C(=O)OCOC(=O)C1=C(COc2cccc(F)c2)CS[C@H]2C(NC(=O)C(=NOCOC(=O)OCCN)c3csc(N)n3)C(=O)N12.O=C(O)C(F)(F)F. The highest BCUT2D eigenvalue weighted by molar-refractivity contribution is 8.00. The number of hydrogen-bond acceptors (Lipinski definition) is 18. The quantitative estimate of drug-likeness (QED) is 0.0403. The number of halogens is 4. The first-order valence-corrected chi connectivity index (χ1v) is 17.6. The number of carbonyl (C=O) groups excluding carboxylic acids is 5. The van der Waals surface area contributed by atoms with Crippen LogP contribution in [0, 0.1) is 11.2 Å². The average molecular weight is 839 g/mol. The summed E-state index contributed by atoms with van der Waals surface area (Å²) in [6.45, 7) is 3.21. The van der Waals surface area contributed by atoms with Crippen molar-refractivity contribution in [1.82, 2.24) is 15.2 Å². The Morgan fingerprint density at radius 2 is 1.79 bits per heavy atom. The second kappa shape index (κ2) is 19.8. The molecule has 306 valence electrons. The summed E-state index contributed by atoms with van der Waals surface area (Å²) in [7, 11) is 0. The molecule has 1 fully saturated rings. The van der Waals surface area contributed by atoms with Gasteiger partial charge in [-0.1, -0.05) is 11.2 Å². The van der Waals surface area contributed by atoms with E-state index in [0.29, 0.717) is 5.57 Å². The fourth-order valence-electron chi connectivity index (χ4n) is 4.09. The van der Waals surface area contributed by atoms with E-state index in [0.717, 1.165) is 22.3 Å². The first-order valence-electron chi connectivity index (χ1n) is 15.7. The van der Waals surface area contributed by atoms with Crippen LogP contribution in [-0.2, 0) is 47.8 Å². The lowest BCUT2D eigenvalue weighted by Crippen LogP contribution is -2.71.